The van der Waals surface area contributed by atoms with Crippen LogP contribution in [0.5, 0.6) is 0 Å². The first-order valence-corrected chi connectivity index (χ1v) is 10.4. The lowest BCUT2D eigenvalue weighted by atomic mass is 10.0. The Kier molecular flexibility index (Phi) is 9.41. The fourth-order valence-corrected chi connectivity index (χ4v) is 3.45. The number of benzene rings is 1. The number of piperidine rings is 1. The van der Waals surface area contributed by atoms with E-state index >= 15 is 0 Å². The van der Waals surface area contributed by atoms with Gasteiger partial charge in [-0.05, 0) is 50.8 Å². The number of likely N-dealkylation sites (tertiary alicyclic amines) is 1. The molecule has 0 aromatic heterocycles. The van der Waals surface area contributed by atoms with E-state index in [0.717, 1.165) is 6.42 Å². The second kappa shape index (κ2) is 12.0. The minimum absolute atomic E-state index is 0.0856. The maximum atomic E-state index is 13.1. The van der Waals surface area contributed by atoms with Gasteiger partial charge in [0, 0.05) is 24.2 Å². The third kappa shape index (κ3) is 7.65. The van der Waals surface area contributed by atoms with Crippen LogP contribution in [0.3, 0.4) is 0 Å². The summed E-state index contributed by atoms with van der Waals surface area (Å²) >= 11 is 0. The molecule has 0 unspecified atom stereocenters. The Hall–Kier alpha value is -2.98. The normalized spacial score (nSPS) is 15.3. The number of unbranched alkanes of at least 4 members (excludes halogenated alkanes) is 1. The number of aliphatic carboxylic acids is 1. The quantitative estimate of drug-likeness (QED) is 0.189. The van der Waals surface area contributed by atoms with Crippen molar-refractivity contribution >= 4 is 23.6 Å². The van der Waals surface area contributed by atoms with Crippen molar-refractivity contribution in [2.24, 2.45) is 11.5 Å². The van der Waals surface area contributed by atoms with Crippen molar-refractivity contribution in [2.45, 2.75) is 44.2 Å². The fourth-order valence-electron chi connectivity index (χ4n) is 3.45. The lowest BCUT2D eigenvalue weighted by Crippen LogP contribution is -2.51. The zero-order chi connectivity index (χ0) is 22.8. The fraction of sp³-hybridized carbons (Fsp3) is 0.524. The maximum absolute atomic E-state index is 13.1. The number of hydrogen-bond donors (Lipinski definition) is 5. The van der Waals surface area contributed by atoms with Crippen molar-refractivity contribution in [3.8, 4) is 0 Å². The van der Waals surface area contributed by atoms with E-state index in [2.05, 4.69) is 5.32 Å². The lowest BCUT2D eigenvalue weighted by molar-refractivity contribution is -0.147. The SMILES string of the molecule is N=C(N)c1ccc(C(=O)N[C@@H](CCCCN)C(=O)N2CCC(OCC(=O)O)CC2)cc1. The van der Waals surface area contributed by atoms with Crippen LogP contribution in [-0.2, 0) is 14.3 Å². The number of nitrogen functional groups attached to an aromatic ring is 1. The smallest absolute Gasteiger partial charge is 0.329 e. The van der Waals surface area contributed by atoms with Gasteiger partial charge in [0.2, 0.25) is 5.91 Å². The molecule has 1 aromatic carbocycles. The van der Waals surface area contributed by atoms with Crippen LogP contribution in [0.15, 0.2) is 24.3 Å². The summed E-state index contributed by atoms with van der Waals surface area (Å²) in [7, 11) is 0. The number of ether oxygens (including phenoxy) is 1. The van der Waals surface area contributed by atoms with Gasteiger partial charge in [-0.15, -0.1) is 0 Å². The Balaban J connectivity index is 1.98. The van der Waals surface area contributed by atoms with Gasteiger partial charge >= 0.3 is 5.97 Å². The third-order valence-corrected chi connectivity index (χ3v) is 5.20. The predicted molar refractivity (Wildman–Crippen MR) is 115 cm³/mol. The largest absolute Gasteiger partial charge is 0.480 e. The molecule has 1 fully saturated rings. The van der Waals surface area contributed by atoms with Crippen LogP contribution in [0.25, 0.3) is 0 Å². The van der Waals surface area contributed by atoms with Crippen molar-refractivity contribution in [3.63, 3.8) is 0 Å². The Morgan fingerprint density at radius 2 is 1.77 bits per heavy atom. The maximum Gasteiger partial charge on any atom is 0.329 e. The molecule has 1 saturated heterocycles. The van der Waals surface area contributed by atoms with Crippen LogP contribution in [-0.4, -0.2) is 72.0 Å². The first-order valence-electron chi connectivity index (χ1n) is 10.4. The molecular weight excluding hydrogens is 402 g/mol. The van der Waals surface area contributed by atoms with Crippen LogP contribution in [0.2, 0.25) is 0 Å². The van der Waals surface area contributed by atoms with Gasteiger partial charge in [-0.1, -0.05) is 12.1 Å². The van der Waals surface area contributed by atoms with Crippen molar-refractivity contribution in [1.82, 2.24) is 10.2 Å². The number of rotatable bonds is 11. The first kappa shape index (κ1) is 24.3. The molecule has 1 aliphatic heterocycles. The monoisotopic (exact) mass is 433 g/mol. The van der Waals surface area contributed by atoms with Gasteiger partial charge in [-0.2, -0.15) is 0 Å². The molecule has 170 valence electrons. The van der Waals surface area contributed by atoms with Crippen LogP contribution < -0.4 is 16.8 Å². The van der Waals surface area contributed by atoms with Gasteiger partial charge in [-0.25, -0.2) is 4.79 Å². The van der Waals surface area contributed by atoms with E-state index in [0.29, 0.717) is 56.4 Å². The highest BCUT2D eigenvalue weighted by atomic mass is 16.5. The second-order valence-electron chi connectivity index (χ2n) is 7.53. The second-order valence-corrected chi connectivity index (χ2v) is 7.53. The van der Waals surface area contributed by atoms with Gasteiger partial charge in [0.15, 0.2) is 0 Å². The summed E-state index contributed by atoms with van der Waals surface area (Å²) in [4.78, 5) is 38.1. The molecule has 2 amide bonds. The predicted octanol–water partition coefficient (Wildman–Crippen LogP) is 0.290. The van der Waals surface area contributed by atoms with Crippen molar-refractivity contribution in [3.05, 3.63) is 35.4 Å². The number of nitrogens with two attached hydrogens (primary N) is 2. The molecular formula is C21H31N5O5. The molecule has 0 aliphatic carbocycles. The number of hydrogen-bond acceptors (Lipinski definition) is 6. The lowest BCUT2D eigenvalue weighted by Gasteiger charge is -2.34. The van der Waals surface area contributed by atoms with E-state index in [9.17, 15) is 14.4 Å². The highest BCUT2D eigenvalue weighted by molar-refractivity contribution is 5.99. The van der Waals surface area contributed by atoms with E-state index < -0.39 is 12.0 Å². The average Bonchev–Trinajstić information content (AvgIpc) is 2.77. The summed E-state index contributed by atoms with van der Waals surface area (Å²) < 4.78 is 5.32. The number of carbonyl (C=O) groups excluding carboxylic acids is 2. The summed E-state index contributed by atoms with van der Waals surface area (Å²) in [6.45, 7) is 1.05. The van der Waals surface area contributed by atoms with E-state index in [1.807, 2.05) is 0 Å². The van der Waals surface area contributed by atoms with E-state index in [1.54, 1.807) is 29.2 Å². The topological polar surface area (TPSA) is 172 Å². The molecule has 10 heteroatoms. The molecule has 7 N–H and O–H groups in total. The third-order valence-electron chi connectivity index (χ3n) is 5.20. The number of nitrogens with one attached hydrogen (secondary N) is 2. The molecule has 0 bridgehead atoms. The molecule has 10 nitrogen and oxygen atoms in total. The summed E-state index contributed by atoms with van der Waals surface area (Å²) in [5.41, 5.74) is 11.9. The zero-order valence-electron chi connectivity index (χ0n) is 17.5. The van der Waals surface area contributed by atoms with Crippen LogP contribution in [0.4, 0.5) is 0 Å². The van der Waals surface area contributed by atoms with E-state index in [-0.39, 0.29) is 30.4 Å². The minimum atomic E-state index is -1.02. The molecule has 1 heterocycles. The van der Waals surface area contributed by atoms with Crippen LogP contribution >= 0.6 is 0 Å². The van der Waals surface area contributed by atoms with E-state index in [1.165, 1.54) is 0 Å². The molecule has 1 aliphatic rings. The average molecular weight is 434 g/mol. The summed E-state index contributed by atoms with van der Waals surface area (Å²) in [6.07, 6.45) is 2.84. The Labute approximate surface area is 181 Å². The summed E-state index contributed by atoms with van der Waals surface area (Å²) in [5.74, 6) is -1.64. The summed E-state index contributed by atoms with van der Waals surface area (Å²) in [5, 5.41) is 19.0. The van der Waals surface area contributed by atoms with Crippen LogP contribution in [0, 0.1) is 5.41 Å². The van der Waals surface area contributed by atoms with Crippen molar-refractivity contribution in [1.29, 1.82) is 5.41 Å². The number of amides is 2. The first-order chi connectivity index (χ1) is 14.8. The molecule has 1 aromatic rings. The number of carbonyl (C=O) groups is 3. The van der Waals surface area contributed by atoms with Gasteiger partial charge in [0.05, 0.1) is 6.10 Å². The molecule has 1 atom stereocenters. The standard InChI is InChI=1S/C21H31N5O5/c22-10-2-1-3-17(25-20(29)15-6-4-14(5-7-15)19(23)24)21(30)26-11-8-16(9-12-26)31-13-18(27)28/h4-7,16-17H,1-3,8-13,22H2,(H3,23,24)(H,25,29)(H,27,28)/t17-/m0/s1. The summed E-state index contributed by atoms with van der Waals surface area (Å²) in [6, 6.07) is 5.63. The minimum Gasteiger partial charge on any atom is -0.480 e. The Morgan fingerprint density at radius 3 is 2.32 bits per heavy atom. The Bertz CT molecular complexity index is 775. The number of nitrogens with zero attached hydrogens (tertiary/aromatic N) is 1. The zero-order valence-corrected chi connectivity index (χ0v) is 17.5. The van der Waals surface area contributed by atoms with Crippen LogP contribution in [0.1, 0.15) is 48.0 Å². The molecule has 2 rings (SSSR count). The van der Waals surface area contributed by atoms with Gasteiger partial charge in [-0.3, -0.25) is 15.0 Å². The molecule has 31 heavy (non-hydrogen) atoms. The Morgan fingerprint density at radius 1 is 1.16 bits per heavy atom. The van der Waals surface area contributed by atoms with Gasteiger partial charge in [0.1, 0.15) is 18.5 Å². The van der Waals surface area contributed by atoms with Gasteiger partial charge in [0.25, 0.3) is 5.91 Å². The highest BCUT2D eigenvalue weighted by Crippen LogP contribution is 2.16. The number of carboxylic acid groups (broad SMARTS) is 1. The molecule has 0 spiro atoms. The highest BCUT2D eigenvalue weighted by Gasteiger charge is 2.29. The number of amidine groups is 1. The van der Waals surface area contributed by atoms with E-state index in [4.69, 9.17) is 26.7 Å². The molecule has 0 radical (unpaired) electrons. The number of carboxylic acids is 1. The van der Waals surface area contributed by atoms with Crippen molar-refractivity contribution < 1.29 is 24.2 Å². The van der Waals surface area contributed by atoms with Crippen molar-refractivity contribution in [2.75, 3.05) is 26.2 Å². The van der Waals surface area contributed by atoms with Gasteiger partial charge < -0.3 is 31.5 Å². The molecule has 0 saturated carbocycles.